The molecule has 0 spiro atoms. The normalized spacial score (nSPS) is 9.94. The van der Waals surface area contributed by atoms with Gasteiger partial charge in [0.2, 0.25) is 0 Å². The van der Waals surface area contributed by atoms with Gasteiger partial charge in [0.15, 0.2) is 0 Å². The molecule has 4 heteroatoms. The number of benzene rings is 1. The number of anilines is 1. The van der Waals surface area contributed by atoms with Crippen LogP contribution in [0.5, 0.6) is 0 Å². The Morgan fingerprint density at radius 1 is 1.24 bits per heavy atom. The maximum Gasteiger partial charge on any atom is 0.0992 e. The molecule has 92 valence electrons. The Hall–Kier alpha value is -1.05. The quantitative estimate of drug-likeness (QED) is 0.759. The highest BCUT2D eigenvalue weighted by Gasteiger charge is 2.00. The highest BCUT2D eigenvalue weighted by molar-refractivity contribution is 9.10. The van der Waals surface area contributed by atoms with Gasteiger partial charge in [-0.05, 0) is 47.0 Å². The fourth-order valence-electron chi connectivity index (χ4n) is 1.54. The SMILES string of the molecule is N#Cc1ccc(NCCCCCCO)c(Br)c1. The minimum Gasteiger partial charge on any atom is -0.396 e. The summed E-state index contributed by atoms with van der Waals surface area (Å²) in [6.45, 7) is 1.20. The Kier molecular flexibility index (Phi) is 6.68. The van der Waals surface area contributed by atoms with Crippen LogP contribution in [0.1, 0.15) is 31.2 Å². The number of hydrogen-bond donors (Lipinski definition) is 2. The van der Waals surface area contributed by atoms with Crippen LogP contribution in [-0.4, -0.2) is 18.3 Å². The molecule has 1 aromatic rings. The van der Waals surface area contributed by atoms with E-state index in [2.05, 4.69) is 27.3 Å². The predicted octanol–water partition coefficient (Wildman–Crippen LogP) is 3.29. The zero-order valence-electron chi connectivity index (χ0n) is 9.75. The molecule has 0 saturated carbocycles. The fourth-order valence-corrected chi connectivity index (χ4v) is 2.06. The molecule has 0 aliphatic heterocycles. The second-order valence-electron chi connectivity index (χ2n) is 3.87. The second-order valence-corrected chi connectivity index (χ2v) is 4.73. The molecule has 0 atom stereocenters. The lowest BCUT2D eigenvalue weighted by atomic mass is 10.2. The van der Waals surface area contributed by atoms with E-state index in [-0.39, 0.29) is 6.61 Å². The van der Waals surface area contributed by atoms with Crippen molar-refractivity contribution in [3.63, 3.8) is 0 Å². The van der Waals surface area contributed by atoms with E-state index in [1.165, 1.54) is 0 Å². The van der Waals surface area contributed by atoms with Gasteiger partial charge in [-0.1, -0.05) is 12.8 Å². The first kappa shape index (κ1) is 14.0. The fraction of sp³-hybridized carbons (Fsp3) is 0.462. The minimum atomic E-state index is 0.286. The van der Waals surface area contributed by atoms with E-state index in [1.54, 1.807) is 6.07 Å². The maximum absolute atomic E-state index is 8.74. The van der Waals surface area contributed by atoms with Crippen LogP contribution in [0.25, 0.3) is 0 Å². The van der Waals surface area contributed by atoms with Gasteiger partial charge in [0, 0.05) is 23.3 Å². The Labute approximate surface area is 111 Å². The van der Waals surface area contributed by atoms with Crippen LogP contribution in [0.4, 0.5) is 5.69 Å². The van der Waals surface area contributed by atoms with Crippen molar-refractivity contribution in [1.29, 1.82) is 5.26 Å². The number of nitriles is 1. The van der Waals surface area contributed by atoms with E-state index < -0.39 is 0 Å². The van der Waals surface area contributed by atoms with Gasteiger partial charge in [0.25, 0.3) is 0 Å². The Balaban J connectivity index is 2.30. The lowest BCUT2D eigenvalue weighted by Gasteiger charge is -2.08. The van der Waals surface area contributed by atoms with Crippen LogP contribution in [0, 0.1) is 11.3 Å². The summed E-state index contributed by atoms with van der Waals surface area (Å²) in [4.78, 5) is 0. The standard InChI is InChI=1S/C13H17BrN2O/c14-12-9-11(10-15)5-6-13(12)16-7-3-1-2-4-8-17/h5-6,9,16-17H,1-4,7-8H2. The van der Waals surface area contributed by atoms with Crippen molar-refractivity contribution in [2.45, 2.75) is 25.7 Å². The van der Waals surface area contributed by atoms with Gasteiger partial charge in [-0.2, -0.15) is 5.26 Å². The molecule has 1 rings (SSSR count). The number of nitrogens with zero attached hydrogens (tertiary/aromatic N) is 1. The van der Waals surface area contributed by atoms with Gasteiger partial charge >= 0.3 is 0 Å². The van der Waals surface area contributed by atoms with E-state index in [1.807, 2.05) is 12.1 Å². The molecule has 0 fully saturated rings. The van der Waals surface area contributed by atoms with Crippen LogP contribution in [0.3, 0.4) is 0 Å². The molecule has 0 aromatic heterocycles. The number of aliphatic hydroxyl groups excluding tert-OH is 1. The Morgan fingerprint density at radius 2 is 2.00 bits per heavy atom. The van der Waals surface area contributed by atoms with Gasteiger partial charge in [0.05, 0.1) is 11.6 Å². The highest BCUT2D eigenvalue weighted by Crippen LogP contribution is 2.23. The summed E-state index contributed by atoms with van der Waals surface area (Å²) in [7, 11) is 0. The summed E-state index contributed by atoms with van der Waals surface area (Å²) in [5, 5.41) is 20.7. The van der Waals surface area contributed by atoms with Crippen molar-refractivity contribution in [3.8, 4) is 6.07 Å². The summed E-state index contributed by atoms with van der Waals surface area (Å²) in [6.07, 6.45) is 4.18. The first-order chi connectivity index (χ1) is 8.27. The molecule has 17 heavy (non-hydrogen) atoms. The van der Waals surface area contributed by atoms with Crippen molar-refractivity contribution in [1.82, 2.24) is 0 Å². The third-order valence-electron chi connectivity index (χ3n) is 2.50. The number of aliphatic hydroxyl groups is 1. The third kappa shape index (κ3) is 5.20. The van der Waals surface area contributed by atoms with E-state index in [9.17, 15) is 0 Å². The topological polar surface area (TPSA) is 56.0 Å². The van der Waals surface area contributed by atoms with Gasteiger partial charge in [0.1, 0.15) is 0 Å². The van der Waals surface area contributed by atoms with E-state index >= 15 is 0 Å². The number of nitrogens with one attached hydrogen (secondary N) is 1. The van der Waals surface area contributed by atoms with Crippen LogP contribution >= 0.6 is 15.9 Å². The highest BCUT2D eigenvalue weighted by atomic mass is 79.9. The van der Waals surface area contributed by atoms with Crippen LogP contribution in [0.2, 0.25) is 0 Å². The lowest BCUT2D eigenvalue weighted by molar-refractivity contribution is 0.283. The molecule has 0 bridgehead atoms. The van der Waals surface area contributed by atoms with Gasteiger partial charge in [-0.15, -0.1) is 0 Å². The largest absolute Gasteiger partial charge is 0.396 e. The molecule has 0 aliphatic rings. The van der Waals surface area contributed by atoms with Crippen molar-refractivity contribution in [2.24, 2.45) is 0 Å². The third-order valence-corrected chi connectivity index (χ3v) is 3.15. The molecule has 0 amide bonds. The maximum atomic E-state index is 8.74. The van der Waals surface area contributed by atoms with Crippen molar-refractivity contribution in [3.05, 3.63) is 28.2 Å². The van der Waals surface area contributed by atoms with E-state index in [0.717, 1.165) is 42.4 Å². The molecular weight excluding hydrogens is 280 g/mol. The zero-order chi connectivity index (χ0) is 12.5. The van der Waals surface area contributed by atoms with Crippen LogP contribution in [-0.2, 0) is 0 Å². The Morgan fingerprint density at radius 3 is 2.65 bits per heavy atom. The zero-order valence-corrected chi connectivity index (χ0v) is 11.3. The average molecular weight is 297 g/mol. The van der Waals surface area contributed by atoms with Crippen molar-refractivity contribution < 1.29 is 5.11 Å². The summed E-state index contributed by atoms with van der Waals surface area (Å²) in [5.74, 6) is 0. The van der Waals surface area contributed by atoms with Gasteiger partial charge in [-0.3, -0.25) is 0 Å². The molecule has 1 aromatic carbocycles. The second kappa shape index (κ2) is 8.10. The average Bonchev–Trinajstić information content (AvgIpc) is 2.35. The number of unbranched alkanes of at least 4 members (excludes halogenated alkanes) is 3. The van der Waals surface area contributed by atoms with E-state index in [4.69, 9.17) is 10.4 Å². The number of hydrogen-bond acceptors (Lipinski definition) is 3. The molecule has 3 nitrogen and oxygen atoms in total. The monoisotopic (exact) mass is 296 g/mol. The molecule has 0 heterocycles. The molecule has 0 saturated heterocycles. The molecule has 2 N–H and O–H groups in total. The first-order valence-electron chi connectivity index (χ1n) is 5.82. The molecule has 0 radical (unpaired) electrons. The predicted molar refractivity (Wildman–Crippen MR) is 72.9 cm³/mol. The summed E-state index contributed by atoms with van der Waals surface area (Å²) in [5.41, 5.74) is 1.68. The molecule has 0 aliphatic carbocycles. The minimum absolute atomic E-state index is 0.286. The smallest absolute Gasteiger partial charge is 0.0992 e. The van der Waals surface area contributed by atoms with Crippen LogP contribution in [0.15, 0.2) is 22.7 Å². The summed E-state index contributed by atoms with van der Waals surface area (Å²) >= 11 is 3.44. The summed E-state index contributed by atoms with van der Waals surface area (Å²) in [6, 6.07) is 7.64. The van der Waals surface area contributed by atoms with E-state index in [0.29, 0.717) is 5.56 Å². The van der Waals surface area contributed by atoms with Crippen LogP contribution < -0.4 is 5.32 Å². The molecule has 0 unspecified atom stereocenters. The van der Waals surface area contributed by atoms with Gasteiger partial charge < -0.3 is 10.4 Å². The summed E-state index contributed by atoms with van der Waals surface area (Å²) < 4.78 is 0.923. The van der Waals surface area contributed by atoms with Crippen molar-refractivity contribution in [2.75, 3.05) is 18.5 Å². The number of rotatable bonds is 7. The number of halogens is 1. The lowest BCUT2D eigenvalue weighted by Crippen LogP contribution is -2.02. The van der Waals surface area contributed by atoms with Gasteiger partial charge in [-0.25, -0.2) is 0 Å². The first-order valence-corrected chi connectivity index (χ1v) is 6.61. The Bertz CT molecular complexity index is 387. The molecular formula is C13H17BrN2O. The van der Waals surface area contributed by atoms with Crippen molar-refractivity contribution >= 4 is 21.6 Å².